The van der Waals surface area contributed by atoms with Gasteiger partial charge < -0.3 is 9.80 Å². The molecule has 0 radical (unpaired) electrons. The summed E-state index contributed by atoms with van der Waals surface area (Å²) in [4.78, 5) is 33.6. The van der Waals surface area contributed by atoms with Gasteiger partial charge in [-0.1, -0.05) is 0 Å². The summed E-state index contributed by atoms with van der Waals surface area (Å²) in [5.41, 5.74) is 0.0232. The van der Waals surface area contributed by atoms with E-state index in [0.29, 0.717) is 44.0 Å². The van der Waals surface area contributed by atoms with Gasteiger partial charge in [0.05, 0.1) is 11.5 Å². The van der Waals surface area contributed by atoms with Crippen LogP contribution in [0.4, 0.5) is 4.39 Å². The summed E-state index contributed by atoms with van der Waals surface area (Å²) >= 11 is 0. The highest BCUT2D eigenvalue weighted by Gasteiger charge is 2.73. The minimum absolute atomic E-state index is 0.0428. The van der Waals surface area contributed by atoms with E-state index in [-0.39, 0.29) is 17.9 Å². The molecule has 2 saturated heterocycles. The summed E-state index contributed by atoms with van der Waals surface area (Å²) in [5, 5.41) is 0. The van der Waals surface area contributed by atoms with Crippen LogP contribution in [0, 0.1) is 18.3 Å². The minimum atomic E-state index is -1.05. The molecule has 2 atom stereocenters. The van der Waals surface area contributed by atoms with Crippen LogP contribution in [0.25, 0.3) is 0 Å². The van der Waals surface area contributed by atoms with Gasteiger partial charge in [-0.05, 0) is 50.3 Å². The Bertz CT molecular complexity index is 760. The van der Waals surface area contributed by atoms with Gasteiger partial charge in [0.2, 0.25) is 5.91 Å². The average Bonchev–Trinajstić information content (AvgIpc) is 3.10. The SMILES string of the molecule is Cc1ccnc(C(=O)N2CCC3CN(C(=O)C45CC(F)(C4)C5)CC32)c1. The number of amides is 2. The number of aryl methyl sites for hydroxylation is 1. The van der Waals surface area contributed by atoms with Gasteiger partial charge in [0.25, 0.3) is 5.91 Å². The zero-order valence-corrected chi connectivity index (χ0v) is 14.4. The number of hydrogen-bond acceptors (Lipinski definition) is 3. The fourth-order valence-electron chi connectivity index (χ4n) is 5.41. The first-order valence-corrected chi connectivity index (χ1v) is 9.11. The van der Waals surface area contributed by atoms with Crippen molar-refractivity contribution in [3.8, 4) is 0 Å². The molecule has 1 aromatic heterocycles. The van der Waals surface area contributed by atoms with Gasteiger partial charge in [0.15, 0.2) is 0 Å². The summed E-state index contributed by atoms with van der Waals surface area (Å²) in [5.74, 6) is 0.408. The van der Waals surface area contributed by atoms with E-state index in [1.165, 1.54) is 0 Å². The molecule has 3 aliphatic carbocycles. The third kappa shape index (κ3) is 2.09. The highest BCUT2D eigenvalue weighted by atomic mass is 19.1. The number of carbonyl (C=O) groups excluding carboxylic acids is 2. The van der Waals surface area contributed by atoms with Crippen molar-refractivity contribution in [1.82, 2.24) is 14.8 Å². The average molecular weight is 343 g/mol. The van der Waals surface area contributed by atoms with Crippen LogP contribution in [0.5, 0.6) is 0 Å². The third-order valence-electron chi connectivity index (χ3n) is 6.65. The molecular weight excluding hydrogens is 321 g/mol. The predicted molar refractivity (Wildman–Crippen MR) is 88.6 cm³/mol. The molecule has 5 nitrogen and oxygen atoms in total. The summed E-state index contributed by atoms with van der Waals surface area (Å²) in [6, 6.07) is 3.77. The van der Waals surface area contributed by atoms with E-state index < -0.39 is 11.1 Å². The van der Waals surface area contributed by atoms with Gasteiger partial charge in [-0.2, -0.15) is 0 Å². The van der Waals surface area contributed by atoms with Crippen LogP contribution >= 0.6 is 0 Å². The van der Waals surface area contributed by atoms with Crippen molar-refractivity contribution in [1.29, 1.82) is 0 Å². The Morgan fingerprint density at radius 3 is 2.72 bits per heavy atom. The van der Waals surface area contributed by atoms with Gasteiger partial charge >= 0.3 is 0 Å². The van der Waals surface area contributed by atoms with Crippen LogP contribution in [-0.4, -0.2) is 57.9 Å². The first kappa shape index (κ1) is 15.3. The molecule has 3 saturated carbocycles. The second-order valence-corrected chi connectivity index (χ2v) is 8.50. The molecular formula is C19H22FN3O2. The molecule has 132 valence electrons. The topological polar surface area (TPSA) is 53.5 Å². The van der Waals surface area contributed by atoms with E-state index in [0.717, 1.165) is 18.5 Å². The quantitative estimate of drug-likeness (QED) is 0.825. The largest absolute Gasteiger partial charge is 0.340 e. The van der Waals surface area contributed by atoms with E-state index in [9.17, 15) is 14.0 Å². The molecule has 2 amide bonds. The van der Waals surface area contributed by atoms with Crippen LogP contribution < -0.4 is 0 Å². The molecule has 25 heavy (non-hydrogen) atoms. The Hall–Kier alpha value is -1.98. The van der Waals surface area contributed by atoms with Crippen molar-refractivity contribution in [2.75, 3.05) is 19.6 Å². The van der Waals surface area contributed by atoms with Gasteiger partial charge in [-0.25, -0.2) is 4.39 Å². The van der Waals surface area contributed by atoms with E-state index in [1.807, 2.05) is 28.9 Å². The molecule has 1 aromatic rings. The molecule has 5 aliphatic rings. The van der Waals surface area contributed by atoms with Gasteiger partial charge in [0, 0.05) is 31.7 Å². The number of alkyl halides is 1. The number of carbonyl (C=O) groups is 2. The first-order chi connectivity index (χ1) is 11.9. The maximum absolute atomic E-state index is 13.8. The number of hydrogen-bond donors (Lipinski definition) is 0. The van der Waals surface area contributed by atoms with Crippen molar-refractivity contribution >= 4 is 11.8 Å². The number of nitrogens with zero attached hydrogens (tertiary/aromatic N) is 3. The van der Waals surface area contributed by atoms with E-state index in [4.69, 9.17) is 0 Å². The van der Waals surface area contributed by atoms with Crippen molar-refractivity contribution in [3.63, 3.8) is 0 Å². The Kier molecular flexibility index (Phi) is 2.94. The number of halogens is 1. The Balaban J connectivity index is 1.30. The lowest BCUT2D eigenvalue weighted by atomic mass is 9.42. The summed E-state index contributed by atoms with van der Waals surface area (Å²) in [6.07, 6.45) is 3.80. The van der Waals surface area contributed by atoms with Crippen molar-refractivity contribution in [3.05, 3.63) is 29.6 Å². The lowest BCUT2D eigenvalue weighted by molar-refractivity contribution is -0.221. The fourth-order valence-corrected chi connectivity index (χ4v) is 5.41. The van der Waals surface area contributed by atoms with Gasteiger partial charge in [-0.15, -0.1) is 0 Å². The van der Waals surface area contributed by atoms with Crippen LogP contribution in [0.15, 0.2) is 18.3 Å². The molecule has 3 heterocycles. The lowest BCUT2D eigenvalue weighted by Gasteiger charge is -2.65. The number of rotatable bonds is 2. The third-order valence-corrected chi connectivity index (χ3v) is 6.65. The maximum atomic E-state index is 13.8. The normalized spacial score (nSPS) is 38.2. The standard InChI is InChI=1S/C19H22FN3O2/c1-12-2-4-21-14(6-12)16(24)23-5-3-13-7-22(8-15(13)23)17(25)18-9-19(20,10-18)11-18/h2,4,6,13,15H,3,5,7-11H2,1H3. The summed E-state index contributed by atoms with van der Waals surface area (Å²) < 4.78 is 13.8. The molecule has 6 rings (SSSR count). The molecule has 0 spiro atoms. The Morgan fingerprint density at radius 2 is 2.04 bits per heavy atom. The van der Waals surface area contributed by atoms with Crippen LogP contribution in [0.1, 0.15) is 41.7 Å². The fraction of sp³-hybridized carbons (Fsp3) is 0.632. The van der Waals surface area contributed by atoms with Crippen LogP contribution in [-0.2, 0) is 4.79 Å². The van der Waals surface area contributed by atoms with Crippen molar-refractivity contribution in [2.45, 2.75) is 44.3 Å². The second-order valence-electron chi connectivity index (χ2n) is 8.50. The zero-order chi connectivity index (χ0) is 17.4. The Morgan fingerprint density at radius 1 is 1.28 bits per heavy atom. The van der Waals surface area contributed by atoms with Gasteiger partial charge in [-0.3, -0.25) is 14.6 Å². The molecule has 5 fully saturated rings. The summed E-state index contributed by atoms with van der Waals surface area (Å²) in [6.45, 7) is 3.96. The van der Waals surface area contributed by atoms with Crippen LogP contribution in [0.2, 0.25) is 0 Å². The molecule has 0 N–H and O–H groups in total. The van der Waals surface area contributed by atoms with Crippen molar-refractivity contribution in [2.24, 2.45) is 11.3 Å². The zero-order valence-electron chi connectivity index (χ0n) is 14.4. The predicted octanol–water partition coefficient (Wildman–Crippen LogP) is 1.96. The molecule has 0 aromatic carbocycles. The minimum Gasteiger partial charge on any atom is -0.340 e. The Labute approximate surface area is 146 Å². The maximum Gasteiger partial charge on any atom is 0.272 e. The number of fused-ring (bicyclic) bond motifs is 1. The second kappa shape index (κ2) is 4.80. The lowest BCUT2D eigenvalue weighted by Crippen LogP contribution is -2.70. The molecule has 2 unspecified atom stereocenters. The number of likely N-dealkylation sites (tertiary alicyclic amines) is 2. The highest BCUT2D eigenvalue weighted by molar-refractivity contribution is 5.93. The number of pyridine rings is 1. The van der Waals surface area contributed by atoms with E-state index >= 15 is 0 Å². The molecule has 6 heteroatoms. The first-order valence-electron chi connectivity index (χ1n) is 9.11. The summed E-state index contributed by atoms with van der Waals surface area (Å²) in [7, 11) is 0. The van der Waals surface area contributed by atoms with Crippen molar-refractivity contribution < 1.29 is 14.0 Å². The van der Waals surface area contributed by atoms with E-state index in [2.05, 4.69) is 4.98 Å². The molecule has 2 bridgehead atoms. The van der Waals surface area contributed by atoms with E-state index in [1.54, 1.807) is 6.20 Å². The monoisotopic (exact) mass is 343 g/mol. The smallest absolute Gasteiger partial charge is 0.272 e. The number of aromatic nitrogens is 1. The van der Waals surface area contributed by atoms with Gasteiger partial charge in [0.1, 0.15) is 11.4 Å². The highest BCUT2D eigenvalue weighted by Crippen LogP contribution is 2.70. The molecule has 2 aliphatic heterocycles. The van der Waals surface area contributed by atoms with Crippen LogP contribution in [0.3, 0.4) is 0 Å².